The first-order chi connectivity index (χ1) is 8.52. The standard InChI is InChI=1S/C12H13N3O3/c1-8-11(15(17)18)10(13-12(16)14(8)2)9-6-4-3-5-7-9/h3-7,10H,1-2H3,(H,13,16). The molecule has 0 spiro atoms. The number of hydrogen-bond donors (Lipinski definition) is 1. The van der Waals surface area contributed by atoms with E-state index in [4.69, 9.17) is 0 Å². The number of benzene rings is 1. The highest BCUT2D eigenvalue weighted by Crippen LogP contribution is 2.29. The average Bonchev–Trinajstić information content (AvgIpc) is 2.36. The van der Waals surface area contributed by atoms with Gasteiger partial charge >= 0.3 is 6.03 Å². The van der Waals surface area contributed by atoms with Gasteiger partial charge in [-0.25, -0.2) is 4.79 Å². The predicted molar refractivity (Wildman–Crippen MR) is 65.2 cm³/mol. The Morgan fingerprint density at radius 1 is 1.33 bits per heavy atom. The number of nitro groups is 1. The van der Waals surface area contributed by atoms with Crippen molar-refractivity contribution in [3.8, 4) is 0 Å². The lowest BCUT2D eigenvalue weighted by molar-refractivity contribution is -0.433. The highest BCUT2D eigenvalue weighted by molar-refractivity contribution is 5.78. The first-order valence-corrected chi connectivity index (χ1v) is 5.46. The number of hydrogen-bond acceptors (Lipinski definition) is 3. The minimum Gasteiger partial charge on any atom is -0.321 e. The van der Waals surface area contributed by atoms with Crippen LogP contribution in [-0.4, -0.2) is 22.9 Å². The summed E-state index contributed by atoms with van der Waals surface area (Å²) in [4.78, 5) is 23.7. The van der Waals surface area contributed by atoms with Crippen molar-refractivity contribution in [1.29, 1.82) is 0 Å². The smallest absolute Gasteiger partial charge is 0.321 e. The Bertz CT molecular complexity index is 525. The molecule has 1 aromatic carbocycles. The van der Waals surface area contributed by atoms with Crippen molar-refractivity contribution in [2.45, 2.75) is 13.0 Å². The minimum absolute atomic E-state index is 0.00306. The van der Waals surface area contributed by atoms with Crippen LogP contribution in [0.3, 0.4) is 0 Å². The van der Waals surface area contributed by atoms with Crippen molar-refractivity contribution < 1.29 is 9.72 Å². The number of nitrogens with one attached hydrogen (secondary N) is 1. The number of nitrogens with zero attached hydrogens (tertiary/aromatic N) is 2. The summed E-state index contributed by atoms with van der Waals surface area (Å²) in [6.07, 6.45) is 0. The molecule has 0 saturated carbocycles. The minimum atomic E-state index is -0.704. The van der Waals surface area contributed by atoms with E-state index < -0.39 is 11.0 Å². The highest BCUT2D eigenvalue weighted by atomic mass is 16.6. The highest BCUT2D eigenvalue weighted by Gasteiger charge is 2.37. The molecule has 0 radical (unpaired) electrons. The molecule has 0 fully saturated rings. The summed E-state index contributed by atoms with van der Waals surface area (Å²) in [7, 11) is 1.51. The molecule has 1 unspecified atom stereocenters. The molecule has 1 aromatic rings. The molecule has 0 bridgehead atoms. The van der Waals surface area contributed by atoms with Crippen molar-refractivity contribution in [3.63, 3.8) is 0 Å². The molecule has 1 heterocycles. The summed E-state index contributed by atoms with van der Waals surface area (Å²) >= 11 is 0. The van der Waals surface area contributed by atoms with Gasteiger partial charge < -0.3 is 5.32 Å². The topological polar surface area (TPSA) is 75.5 Å². The summed E-state index contributed by atoms with van der Waals surface area (Å²) in [5, 5.41) is 13.8. The van der Waals surface area contributed by atoms with Gasteiger partial charge in [-0.05, 0) is 12.5 Å². The van der Waals surface area contributed by atoms with Gasteiger partial charge in [0.25, 0.3) is 5.70 Å². The maximum atomic E-state index is 11.7. The van der Waals surface area contributed by atoms with Crippen molar-refractivity contribution in [2.24, 2.45) is 0 Å². The van der Waals surface area contributed by atoms with Gasteiger partial charge in [0.05, 0.1) is 10.6 Å². The molecule has 0 saturated heterocycles. The Kier molecular flexibility index (Phi) is 3.01. The Labute approximate surface area is 104 Å². The largest absolute Gasteiger partial charge is 0.322 e. The van der Waals surface area contributed by atoms with Crippen LogP contribution in [0.1, 0.15) is 18.5 Å². The summed E-state index contributed by atoms with van der Waals surface area (Å²) in [6, 6.07) is 7.86. The molecule has 0 aromatic heterocycles. The third kappa shape index (κ3) is 1.92. The van der Waals surface area contributed by atoms with Crippen LogP contribution in [-0.2, 0) is 0 Å². The SMILES string of the molecule is CC1=C([N+](=O)[O-])C(c2ccccc2)NC(=O)N1C. The second kappa shape index (κ2) is 4.48. The fraction of sp³-hybridized carbons (Fsp3) is 0.250. The number of carbonyl (C=O) groups excluding carboxylic acids is 1. The molecule has 1 aliphatic rings. The average molecular weight is 247 g/mol. The van der Waals surface area contributed by atoms with Gasteiger partial charge in [0.2, 0.25) is 0 Å². The summed E-state index contributed by atoms with van der Waals surface area (Å²) in [5.41, 5.74) is 1.06. The van der Waals surface area contributed by atoms with Crippen molar-refractivity contribution in [2.75, 3.05) is 7.05 Å². The molecule has 2 rings (SSSR count). The number of amides is 2. The van der Waals surface area contributed by atoms with E-state index in [0.29, 0.717) is 11.3 Å². The molecule has 18 heavy (non-hydrogen) atoms. The van der Waals surface area contributed by atoms with E-state index in [9.17, 15) is 14.9 Å². The van der Waals surface area contributed by atoms with E-state index in [-0.39, 0.29) is 11.7 Å². The molecule has 1 aliphatic heterocycles. The molecule has 2 amide bonds. The van der Waals surface area contributed by atoms with E-state index >= 15 is 0 Å². The van der Waals surface area contributed by atoms with Crippen LogP contribution in [0.4, 0.5) is 4.79 Å². The lowest BCUT2D eigenvalue weighted by atomic mass is 10.0. The van der Waals surface area contributed by atoms with Gasteiger partial charge in [0.1, 0.15) is 6.04 Å². The fourth-order valence-corrected chi connectivity index (χ4v) is 1.95. The lowest BCUT2D eigenvalue weighted by Gasteiger charge is -2.29. The van der Waals surface area contributed by atoms with Crippen LogP contribution in [0, 0.1) is 10.1 Å². The Morgan fingerprint density at radius 2 is 1.94 bits per heavy atom. The number of urea groups is 1. The molecule has 1 N–H and O–H groups in total. The zero-order valence-electron chi connectivity index (χ0n) is 10.1. The van der Waals surface area contributed by atoms with Gasteiger partial charge in [0, 0.05) is 7.05 Å². The predicted octanol–water partition coefficient (Wildman–Crippen LogP) is 1.89. The quantitative estimate of drug-likeness (QED) is 0.640. The molecular formula is C12H13N3O3. The molecule has 94 valence electrons. The fourth-order valence-electron chi connectivity index (χ4n) is 1.95. The second-order valence-corrected chi connectivity index (χ2v) is 4.08. The first kappa shape index (κ1) is 12.1. The third-order valence-electron chi connectivity index (χ3n) is 3.05. The van der Waals surface area contributed by atoms with Gasteiger partial charge in [0.15, 0.2) is 0 Å². The van der Waals surface area contributed by atoms with E-state index in [1.165, 1.54) is 11.9 Å². The van der Waals surface area contributed by atoms with Crippen molar-refractivity contribution in [3.05, 3.63) is 57.4 Å². The summed E-state index contributed by atoms with van der Waals surface area (Å²) in [5.74, 6) is 0. The zero-order chi connectivity index (χ0) is 13.3. The number of rotatable bonds is 2. The molecule has 6 nitrogen and oxygen atoms in total. The van der Waals surface area contributed by atoms with Crippen LogP contribution in [0.15, 0.2) is 41.7 Å². The van der Waals surface area contributed by atoms with E-state index in [1.54, 1.807) is 31.2 Å². The lowest BCUT2D eigenvalue weighted by Crippen LogP contribution is -2.45. The Hall–Kier alpha value is -2.37. The van der Waals surface area contributed by atoms with Crippen molar-refractivity contribution in [1.82, 2.24) is 10.2 Å². The maximum Gasteiger partial charge on any atom is 0.322 e. The van der Waals surface area contributed by atoms with Gasteiger partial charge in [-0.15, -0.1) is 0 Å². The molecule has 1 atom stereocenters. The van der Waals surface area contributed by atoms with Crippen LogP contribution in [0.2, 0.25) is 0 Å². The molecular weight excluding hydrogens is 234 g/mol. The molecule has 6 heteroatoms. The van der Waals surface area contributed by atoms with Crippen LogP contribution < -0.4 is 5.32 Å². The van der Waals surface area contributed by atoms with Crippen molar-refractivity contribution >= 4 is 6.03 Å². The van der Waals surface area contributed by atoms with E-state index in [1.807, 2.05) is 6.07 Å². The van der Waals surface area contributed by atoms with E-state index in [2.05, 4.69) is 5.32 Å². The number of carbonyl (C=O) groups is 1. The summed E-state index contributed by atoms with van der Waals surface area (Å²) < 4.78 is 0. The molecule has 0 aliphatic carbocycles. The van der Waals surface area contributed by atoms with E-state index in [0.717, 1.165) is 0 Å². The van der Waals surface area contributed by atoms with Crippen LogP contribution >= 0.6 is 0 Å². The maximum absolute atomic E-state index is 11.7. The third-order valence-corrected chi connectivity index (χ3v) is 3.05. The summed E-state index contributed by atoms with van der Waals surface area (Å²) in [6.45, 7) is 1.58. The number of allylic oxidation sites excluding steroid dienone is 1. The Morgan fingerprint density at radius 3 is 2.50 bits per heavy atom. The second-order valence-electron chi connectivity index (χ2n) is 4.08. The van der Waals surface area contributed by atoms with Gasteiger partial charge in [-0.3, -0.25) is 15.0 Å². The monoisotopic (exact) mass is 247 g/mol. The van der Waals surface area contributed by atoms with Crippen LogP contribution in [0.5, 0.6) is 0 Å². The Balaban J connectivity index is 2.53. The van der Waals surface area contributed by atoms with Gasteiger partial charge in [-0.2, -0.15) is 0 Å². The normalized spacial score (nSPS) is 19.8. The van der Waals surface area contributed by atoms with Crippen LogP contribution in [0.25, 0.3) is 0 Å². The zero-order valence-corrected chi connectivity index (χ0v) is 10.1. The first-order valence-electron chi connectivity index (χ1n) is 5.46. The van der Waals surface area contributed by atoms with Gasteiger partial charge in [-0.1, -0.05) is 30.3 Å².